The van der Waals surface area contributed by atoms with Crippen molar-refractivity contribution < 1.29 is 9.53 Å². The minimum absolute atomic E-state index is 0.353. The third kappa shape index (κ3) is 3.50. The second-order valence-corrected chi connectivity index (χ2v) is 6.04. The van der Waals surface area contributed by atoms with E-state index in [1.54, 1.807) is 7.05 Å². The number of ether oxygens (including phenoxy) is 1. The molecule has 2 aromatic rings. The summed E-state index contributed by atoms with van der Waals surface area (Å²) >= 11 is 0. The molecule has 1 amide bonds. The average Bonchev–Trinajstić information content (AvgIpc) is 2.67. The molecule has 0 aliphatic carbocycles. The second kappa shape index (κ2) is 5.15. The third-order valence-electron chi connectivity index (χ3n) is 2.78. The standard InChI is InChI=1S/C15H21N3O2/c1-10-6-7-11-12(8-10)17-13(16-11)9-18(5)14(19)20-15(2,3)4/h6-8H,9H2,1-5H3,(H,16,17). The van der Waals surface area contributed by atoms with E-state index in [0.717, 1.165) is 16.9 Å². The Kier molecular flexibility index (Phi) is 3.70. The van der Waals surface area contributed by atoms with Crippen LogP contribution in [0.4, 0.5) is 4.79 Å². The Morgan fingerprint density at radius 2 is 2.10 bits per heavy atom. The van der Waals surface area contributed by atoms with Crippen molar-refractivity contribution in [3.8, 4) is 0 Å². The van der Waals surface area contributed by atoms with Crippen LogP contribution in [0.3, 0.4) is 0 Å². The summed E-state index contributed by atoms with van der Waals surface area (Å²) in [6, 6.07) is 6.03. The van der Waals surface area contributed by atoms with Crippen LogP contribution in [-0.2, 0) is 11.3 Å². The van der Waals surface area contributed by atoms with E-state index in [4.69, 9.17) is 4.74 Å². The number of carbonyl (C=O) groups is 1. The quantitative estimate of drug-likeness (QED) is 0.915. The van der Waals surface area contributed by atoms with Crippen LogP contribution < -0.4 is 0 Å². The first-order chi connectivity index (χ1) is 9.24. The molecule has 108 valence electrons. The van der Waals surface area contributed by atoms with Crippen molar-refractivity contribution in [3.63, 3.8) is 0 Å². The molecule has 5 nitrogen and oxygen atoms in total. The zero-order valence-corrected chi connectivity index (χ0v) is 12.7. The number of fused-ring (bicyclic) bond motifs is 1. The van der Waals surface area contributed by atoms with E-state index in [2.05, 4.69) is 9.97 Å². The van der Waals surface area contributed by atoms with E-state index in [1.165, 1.54) is 10.5 Å². The maximum Gasteiger partial charge on any atom is 0.410 e. The highest BCUT2D eigenvalue weighted by Gasteiger charge is 2.20. The molecule has 0 unspecified atom stereocenters. The van der Waals surface area contributed by atoms with E-state index in [0.29, 0.717) is 6.54 Å². The zero-order chi connectivity index (χ0) is 14.9. The smallest absolute Gasteiger partial charge is 0.410 e. The molecule has 1 heterocycles. The van der Waals surface area contributed by atoms with Gasteiger partial charge in [0.25, 0.3) is 0 Å². The summed E-state index contributed by atoms with van der Waals surface area (Å²) in [7, 11) is 1.70. The van der Waals surface area contributed by atoms with Gasteiger partial charge in [-0.15, -0.1) is 0 Å². The molecule has 1 aromatic heterocycles. The molecule has 0 atom stereocenters. The van der Waals surface area contributed by atoms with Gasteiger partial charge in [-0.2, -0.15) is 0 Å². The van der Waals surface area contributed by atoms with E-state index in [-0.39, 0.29) is 6.09 Å². The fourth-order valence-electron chi connectivity index (χ4n) is 1.88. The maximum absolute atomic E-state index is 11.9. The highest BCUT2D eigenvalue weighted by atomic mass is 16.6. The van der Waals surface area contributed by atoms with Gasteiger partial charge in [-0.1, -0.05) is 6.07 Å². The molecule has 1 N–H and O–H groups in total. The van der Waals surface area contributed by atoms with Crippen LogP contribution in [0.15, 0.2) is 18.2 Å². The summed E-state index contributed by atoms with van der Waals surface area (Å²) in [5, 5.41) is 0. The van der Waals surface area contributed by atoms with E-state index in [1.807, 2.05) is 45.9 Å². The number of aromatic amines is 1. The van der Waals surface area contributed by atoms with Crippen molar-refractivity contribution in [2.75, 3.05) is 7.05 Å². The van der Waals surface area contributed by atoms with Crippen molar-refractivity contribution in [3.05, 3.63) is 29.6 Å². The minimum atomic E-state index is -0.490. The number of nitrogens with zero attached hydrogens (tertiary/aromatic N) is 2. The molecule has 20 heavy (non-hydrogen) atoms. The minimum Gasteiger partial charge on any atom is -0.444 e. The van der Waals surface area contributed by atoms with Gasteiger partial charge in [0.15, 0.2) is 0 Å². The first-order valence-corrected chi connectivity index (χ1v) is 6.64. The number of nitrogens with one attached hydrogen (secondary N) is 1. The number of carbonyl (C=O) groups excluding carboxylic acids is 1. The largest absolute Gasteiger partial charge is 0.444 e. The summed E-state index contributed by atoms with van der Waals surface area (Å²) in [5.74, 6) is 0.749. The summed E-state index contributed by atoms with van der Waals surface area (Å²) in [6.45, 7) is 7.98. The lowest BCUT2D eigenvalue weighted by Gasteiger charge is -2.24. The van der Waals surface area contributed by atoms with Crippen molar-refractivity contribution in [2.45, 2.75) is 39.8 Å². The molecule has 5 heteroatoms. The molecule has 0 spiro atoms. The number of imidazole rings is 1. The van der Waals surface area contributed by atoms with Gasteiger partial charge in [0.2, 0.25) is 0 Å². The number of aromatic nitrogens is 2. The van der Waals surface area contributed by atoms with Gasteiger partial charge in [-0.05, 0) is 45.4 Å². The molecular formula is C15H21N3O2. The number of rotatable bonds is 2. The third-order valence-corrected chi connectivity index (χ3v) is 2.78. The first kappa shape index (κ1) is 14.4. The molecule has 0 fully saturated rings. The molecule has 0 saturated heterocycles. The van der Waals surface area contributed by atoms with Crippen molar-refractivity contribution in [1.29, 1.82) is 0 Å². The Balaban J connectivity index is 2.09. The van der Waals surface area contributed by atoms with Gasteiger partial charge in [-0.25, -0.2) is 9.78 Å². The van der Waals surface area contributed by atoms with E-state index < -0.39 is 5.60 Å². The first-order valence-electron chi connectivity index (χ1n) is 6.64. The predicted octanol–water partition coefficient (Wildman–Crippen LogP) is 3.24. The Bertz CT molecular complexity index is 626. The number of amides is 1. The molecule has 0 saturated carbocycles. The van der Waals surface area contributed by atoms with Gasteiger partial charge in [0.05, 0.1) is 17.6 Å². The summed E-state index contributed by atoms with van der Waals surface area (Å²) in [4.78, 5) is 21.1. The van der Waals surface area contributed by atoms with Crippen LogP contribution in [-0.4, -0.2) is 33.6 Å². The van der Waals surface area contributed by atoms with Crippen molar-refractivity contribution in [1.82, 2.24) is 14.9 Å². The van der Waals surface area contributed by atoms with E-state index >= 15 is 0 Å². The van der Waals surface area contributed by atoms with Gasteiger partial charge in [0, 0.05) is 7.05 Å². The van der Waals surface area contributed by atoms with Gasteiger partial charge >= 0.3 is 6.09 Å². The van der Waals surface area contributed by atoms with Crippen LogP contribution in [0.5, 0.6) is 0 Å². The normalized spacial score (nSPS) is 11.7. The van der Waals surface area contributed by atoms with Crippen LogP contribution in [0, 0.1) is 6.92 Å². The Labute approximate surface area is 118 Å². The number of H-pyrrole nitrogens is 1. The number of hydrogen-bond acceptors (Lipinski definition) is 3. The highest BCUT2D eigenvalue weighted by molar-refractivity contribution is 5.76. The highest BCUT2D eigenvalue weighted by Crippen LogP contribution is 2.15. The van der Waals surface area contributed by atoms with Crippen LogP contribution in [0.2, 0.25) is 0 Å². The molecule has 0 aliphatic rings. The van der Waals surface area contributed by atoms with Gasteiger partial charge in [-0.3, -0.25) is 0 Å². The summed E-state index contributed by atoms with van der Waals surface area (Å²) in [6.07, 6.45) is -0.353. The molecule has 1 aromatic carbocycles. The molecule has 2 rings (SSSR count). The monoisotopic (exact) mass is 275 g/mol. The summed E-state index contributed by atoms with van der Waals surface area (Å²) in [5.41, 5.74) is 2.57. The fourth-order valence-corrected chi connectivity index (χ4v) is 1.88. The predicted molar refractivity (Wildman–Crippen MR) is 78.5 cm³/mol. The van der Waals surface area contributed by atoms with Crippen molar-refractivity contribution >= 4 is 17.1 Å². The SMILES string of the molecule is Cc1ccc2nc(CN(C)C(=O)OC(C)(C)C)[nH]c2c1. The lowest BCUT2D eigenvalue weighted by atomic mass is 10.2. The number of benzene rings is 1. The number of aryl methyl sites for hydroxylation is 1. The summed E-state index contributed by atoms with van der Waals surface area (Å²) < 4.78 is 5.31. The lowest BCUT2D eigenvalue weighted by molar-refractivity contribution is 0.0281. The van der Waals surface area contributed by atoms with Gasteiger partial charge < -0.3 is 14.6 Å². The van der Waals surface area contributed by atoms with Crippen LogP contribution in [0.25, 0.3) is 11.0 Å². The Morgan fingerprint density at radius 1 is 1.40 bits per heavy atom. The number of hydrogen-bond donors (Lipinski definition) is 1. The fraction of sp³-hybridized carbons (Fsp3) is 0.467. The van der Waals surface area contributed by atoms with Crippen LogP contribution in [0.1, 0.15) is 32.2 Å². The van der Waals surface area contributed by atoms with E-state index in [9.17, 15) is 4.79 Å². The van der Waals surface area contributed by atoms with Crippen LogP contribution >= 0.6 is 0 Å². The lowest BCUT2D eigenvalue weighted by Crippen LogP contribution is -2.34. The second-order valence-electron chi connectivity index (χ2n) is 6.04. The molecule has 0 bridgehead atoms. The molecule has 0 radical (unpaired) electrons. The molecular weight excluding hydrogens is 254 g/mol. The zero-order valence-electron chi connectivity index (χ0n) is 12.7. The Hall–Kier alpha value is -2.04. The molecule has 0 aliphatic heterocycles. The topological polar surface area (TPSA) is 58.2 Å². The Morgan fingerprint density at radius 3 is 2.75 bits per heavy atom. The van der Waals surface area contributed by atoms with Crippen molar-refractivity contribution in [2.24, 2.45) is 0 Å². The van der Waals surface area contributed by atoms with Gasteiger partial charge in [0.1, 0.15) is 11.4 Å². The maximum atomic E-state index is 11.9. The average molecular weight is 275 g/mol.